The molecule has 0 saturated carbocycles. The summed E-state index contributed by atoms with van der Waals surface area (Å²) in [5, 5.41) is 16.8. The lowest BCUT2D eigenvalue weighted by Gasteiger charge is -2.10. The number of nitrogens with one attached hydrogen (secondary N) is 2. The van der Waals surface area contributed by atoms with Crippen molar-refractivity contribution in [3.05, 3.63) is 119 Å². The molecular formula is C27H25N3O3. The maximum absolute atomic E-state index is 12.9. The normalized spacial score (nSPS) is 12.2. The number of phenols is 1. The van der Waals surface area contributed by atoms with Crippen molar-refractivity contribution in [2.24, 2.45) is 5.10 Å². The first-order chi connectivity index (χ1) is 15.9. The van der Waals surface area contributed by atoms with Crippen LogP contribution in [0.25, 0.3) is 6.08 Å². The summed E-state index contributed by atoms with van der Waals surface area (Å²) < 4.78 is 0. The highest BCUT2D eigenvalue weighted by Crippen LogP contribution is 2.16. The van der Waals surface area contributed by atoms with Crippen LogP contribution in [0.1, 0.15) is 35.3 Å². The Labute approximate surface area is 193 Å². The van der Waals surface area contributed by atoms with E-state index in [0.29, 0.717) is 16.8 Å². The predicted molar refractivity (Wildman–Crippen MR) is 131 cm³/mol. The van der Waals surface area contributed by atoms with Crippen molar-refractivity contribution < 1.29 is 14.7 Å². The smallest absolute Gasteiger partial charge is 0.287 e. The molecule has 166 valence electrons. The molecule has 0 bridgehead atoms. The van der Waals surface area contributed by atoms with Crippen molar-refractivity contribution in [1.82, 2.24) is 10.7 Å². The maximum atomic E-state index is 12.9. The molecule has 0 spiro atoms. The number of hydrogen-bond acceptors (Lipinski definition) is 4. The molecule has 0 fully saturated rings. The fourth-order valence-electron chi connectivity index (χ4n) is 3.06. The molecule has 0 unspecified atom stereocenters. The Balaban J connectivity index is 1.86. The van der Waals surface area contributed by atoms with E-state index in [2.05, 4.69) is 15.8 Å². The zero-order valence-corrected chi connectivity index (χ0v) is 18.4. The van der Waals surface area contributed by atoms with E-state index in [4.69, 9.17) is 0 Å². The highest BCUT2D eigenvalue weighted by molar-refractivity contribution is 6.05. The third-order valence-electron chi connectivity index (χ3n) is 4.71. The number of carbonyl (C=O) groups excluding carboxylic acids is 2. The molecule has 3 N–H and O–H groups in total. The van der Waals surface area contributed by atoms with Crippen LogP contribution >= 0.6 is 0 Å². The SMILES string of the molecule is CC(=NNC(=O)/C(=C/C(C)=C/c1ccccc1)NC(=O)c1ccccc1)c1ccccc1O. The van der Waals surface area contributed by atoms with Gasteiger partial charge in [-0.25, -0.2) is 5.43 Å². The summed E-state index contributed by atoms with van der Waals surface area (Å²) in [6, 6.07) is 25.0. The minimum Gasteiger partial charge on any atom is -0.507 e. The summed E-state index contributed by atoms with van der Waals surface area (Å²) in [4.78, 5) is 25.6. The molecule has 33 heavy (non-hydrogen) atoms. The maximum Gasteiger partial charge on any atom is 0.287 e. The van der Waals surface area contributed by atoms with Gasteiger partial charge >= 0.3 is 0 Å². The van der Waals surface area contributed by atoms with E-state index < -0.39 is 11.8 Å². The minimum absolute atomic E-state index is 0.0439. The second kappa shape index (κ2) is 11.2. The summed E-state index contributed by atoms with van der Waals surface area (Å²) in [6.45, 7) is 3.51. The van der Waals surface area contributed by atoms with Crippen molar-refractivity contribution in [2.45, 2.75) is 13.8 Å². The number of allylic oxidation sites excluding steroid dienone is 2. The van der Waals surface area contributed by atoms with Crippen molar-refractivity contribution in [2.75, 3.05) is 0 Å². The molecule has 6 nitrogen and oxygen atoms in total. The van der Waals surface area contributed by atoms with E-state index in [1.165, 1.54) is 0 Å². The lowest BCUT2D eigenvalue weighted by atomic mass is 10.1. The molecule has 3 aromatic carbocycles. The third kappa shape index (κ3) is 6.77. The summed E-state index contributed by atoms with van der Waals surface area (Å²) in [5.41, 5.74) is 5.58. The molecule has 0 aliphatic rings. The number of hydrazone groups is 1. The predicted octanol–water partition coefficient (Wildman–Crippen LogP) is 4.65. The third-order valence-corrected chi connectivity index (χ3v) is 4.71. The van der Waals surface area contributed by atoms with Gasteiger partial charge in [-0.15, -0.1) is 0 Å². The number of amides is 2. The number of para-hydroxylation sites is 1. The van der Waals surface area contributed by atoms with Gasteiger partial charge in [-0.2, -0.15) is 5.10 Å². The van der Waals surface area contributed by atoms with Crippen LogP contribution in [0.5, 0.6) is 5.75 Å². The zero-order chi connectivity index (χ0) is 23.6. The Morgan fingerprint density at radius 3 is 2.12 bits per heavy atom. The molecule has 0 aliphatic carbocycles. The Morgan fingerprint density at radius 1 is 0.848 bits per heavy atom. The van der Waals surface area contributed by atoms with E-state index in [0.717, 1.165) is 11.1 Å². The fourth-order valence-corrected chi connectivity index (χ4v) is 3.06. The van der Waals surface area contributed by atoms with Crippen LogP contribution in [0.4, 0.5) is 0 Å². The van der Waals surface area contributed by atoms with E-state index >= 15 is 0 Å². The lowest BCUT2D eigenvalue weighted by Crippen LogP contribution is -2.33. The van der Waals surface area contributed by atoms with Crippen molar-refractivity contribution in [3.63, 3.8) is 0 Å². The molecule has 0 atom stereocenters. The second-order valence-corrected chi connectivity index (χ2v) is 7.33. The summed E-state index contributed by atoms with van der Waals surface area (Å²) in [5.74, 6) is -0.941. The van der Waals surface area contributed by atoms with Crippen LogP contribution in [-0.4, -0.2) is 22.6 Å². The van der Waals surface area contributed by atoms with Crippen molar-refractivity contribution >= 4 is 23.6 Å². The summed E-state index contributed by atoms with van der Waals surface area (Å²) in [7, 11) is 0. The highest BCUT2D eigenvalue weighted by atomic mass is 16.3. The van der Waals surface area contributed by atoms with Crippen LogP contribution in [0.3, 0.4) is 0 Å². The number of carbonyl (C=O) groups is 2. The zero-order valence-electron chi connectivity index (χ0n) is 18.4. The molecule has 0 saturated heterocycles. The first-order valence-electron chi connectivity index (χ1n) is 10.4. The highest BCUT2D eigenvalue weighted by Gasteiger charge is 2.15. The molecular weight excluding hydrogens is 414 g/mol. The fraction of sp³-hybridized carbons (Fsp3) is 0.0741. The first kappa shape index (κ1) is 23.2. The quantitative estimate of drug-likeness (QED) is 0.217. The van der Waals surface area contributed by atoms with Gasteiger partial charge in [-0.3, -0.25) is 9.59 Å². The standard InChI is InChI=1S/C27H25N3O3/c1-19(17-21-11-5-3-6-12-21)18-24(28-26(32)22-13-7-4-8-14-22)27(33)30-29-20(2)23-15-9-10-16-25(23)31/h3-18,31H,1-2H3,(H,28,32)(H,30,33)/b19-17+,24-18-,29-20?. The van der Waals surface area contributed by atoms with Gasteiger partial charge in [0, 0.05) is 11.1 Å². The molecule has 0 heterocycles. The Bertz CT molecular complexity index is 1210. The van der Waals surface area contributed by atoms with Gasteiger partial charge in [-0.05, 0) is 55.3 Å². The Kier molecular flexibility index (Phi) is 7.91. The van der Waals surface area contributed by atoms with E-state index in [-0.39, 0.29) is 11.4 Å². The molecule has 3 aromatic rings. The molecule has 3 rings (SSSR count). The number of aromatic hydroxyl groups is 1. The van der Waals surface area contributed by atoms with Gasteiger partial charge in [0.25, 0.3) is 11.8 Å². The molecule has 0 aromatic heterocycles. The Morgan fingerprint density at radius 2 is 1.45 bits per heavy atom. The number of rotatable bonds is 7. The summed E-state index contributed by atoms with van der Waals surface area (Å²) >= 11 is 0. The van der Waals surface area contributed by atoms with Crippen LogP contribution < -0.4 is 10.7 Å². The van der Waals surface area contributed by atoms with Crippen LogP contribution in [0, 0.1) is 0 Å². The van der Waals surface area contributed by atoms with Crippen LogP contribution in [-0.2, 0) is 4.79 Å². The molecule has 2 amide bonds. The summed E-state index contributed by atoms with van der Waals surface area (Å²) in [6.07, 6.45) is 3.49. The van der Waals surface area contributed by atoms with Gasteiger partial charge in [0.2, 0.25) is 0 Å². The number of benzene rings is 3. The van der Waals surface area contributed by atoms with Crippen LogP contribution in [0.15, 0.2) is 107 Å². The number of phenolic OH excluding ortho intramolecular Hbond substituents is 1. The monoisotopic (exact) mass is 439 g/mol. The second-order valence-electron chi connectivity index (χ2n) is 7.33. The van der Waals surface area contributed by atoms with Crippen LogP contribution in [0.2, 0.25) is 0 Å². The minimum atomic E-state index is -0.588. The van der Waals surface area contributed by atoms with Crippen molar-refractivity contribution in [1.29, 1.82) is 0 Å². The average Bonchev–Trinajstić information content (AvgIpc) is 2.83. The van der Waals surface area contributed by atoms with Gasteiger partial charge in [0.15, 0.2) is 0 Å². The van der Waals surface area contributed by atoms with Gasteiger partial charge in [-0.1, -0.05) is 66.7 Å². The topological polar surface area (TPSA) is 90.8 Å². The van der Waals surface area contributed by atoms with E-state index in [1.54, 1.807) is 61.5 Å². The van der Waals surface area contributed by atoms with E-state index in [1.807, 2.05) is 49.4 Å². The van der Waals surface area contributed by atoms with Gasteiger partial charge in [0.05, 0.1) is 5.71 Å². The molecule has 0 radical (unpaired) electrons. The van der Waals surface area contributed by atoms with E-state index in [9.17, 15) is 14.7 Å². The van der Waals surface area contributed by atoms with Gasteiger partial charge in [0.1, 0.15) is 11.4 Å². The molecule has 6 heteroatoms. The average molecular weight is 440 g/mol. The number of hydrogen-bond donors (Lipinski definition) is 3. The largest absolute Gasteiger partial charge is 0.507 e. The Hall–Kier alpha value is -4.45. The van der Waals surface area contributed by atoms with Gasteiger partial charge < -0.3 is 10.4 Å². The van der Waals surface area contributed by atoms with Crippen molar-refractivity contribution in [3.8, 4) is 5.75 Å². The first-order valence-corrected chi connectivity index (χ1v) is 10.4. The lowest BCUT2D eigenvalue weighted by molar-refractivity contribution is -0.117. The molecule has 0 aliphatic heterocycles. The number of nitrogens with zero attached hydrogens (tertiary/aromatic N) is 1.